The van der Waals surface area contributed by atoms with Gasteiger partial charge in [-0.2, -0.15) is 5.10 Å². The quantitative estimate of drug-likeness (QED) is 0.237. The van der Waals surface area contributed by atoms with Crippen molar-refractivity contribution in [3.63, 3.8) is 0 Å². The van der Waals surface area contributed by atoms with E-state index in [1.54, 1.807) is 18.5 Å². The van der Waals surface area contributed by atoms with Crippen LogP contribution in [0.3, 0.4) is 0 Å². The van der Waals surface area contributed by atoms with Gasteiger partial charge >= 0.3 is 0 Å². The van der Waals surface area contributed by atoms with Gasteiger partial charge in [-0.1, -0.05) is 41.9 Å². The van der Waals surface area contributed by atoms with E-state index in [4.69, 9.17) is 16.6 Å². The monoisotopic (exact) mass is 480 g/mol. The van der Waals surface area contributed by atoms with Crippen molar-refractivity contribution in [2.75, 3.05) is 5.32 Å². The van der Waals surface area contributed by atoms with Crippen molar-refractivity contribution in [2.45, 2.75) is 0 Å². The van der Waals surface area contributed by atoms with Crippen molar-refractivity contribution in [3.8, 4) is 5.69 Å². The highest BCUT2D eigenvalue weighted by molar-refractivity contribution is 6.36. The molecule has 0 aliphatic carbocycles. The third kappa shape index (κ3) is 3.56. The molecule has 0 unspecified atom stereocenters. The summed E-state index contributed by atoms with van der Waals surface area (Å²) in [5, 5.41) is 23.1. The van der Waals surface area contributed by atoms with E-state index >= 15 is 0 Å². The van der Waals surface area contributed by atoms with Gasteiger partial charge in [-0.05, 0) is 30.3 Å². The Balaban J connectivity index is 1.56. The van der Waals surface area contributed by atoms with Crippen LogP contribution in [0.5, 0.6) is 0 Å². The number of halogens is 1. The van der Waals surface area contributed by atoms with Gasteiger partial charge in [0.15, 0.2) is 0 Å². The van der Waals surface area contributed by atoms with Gasteiger partial charge in [0.05, 0.1) is 33.6 Å². The molecule has 3 heterocycles. The molecule has 8 nitrogen and oxygen atoms in total. The number of nitrogens with one attached hydrogen (secondary N) is 2. The number of hydrogen-bond acceptors (Lipinski definition) is 5. The average molecular weight is 481 g/mol. The Kier molecular flexibility index (Phi) is 4.93. The maximum atomic E-state index is 11.9. The molecule has 0 amide bonds. The molecular formula is C26H17ClN6O2. The molecule has 2 N–H and O–H groups in total. The number of benzene rings is 3. The molecule has 0 saturated carbocycles. The maximum absolute atomic E-state index is 11.9. The van der Waals surface area contributed by atoms with Crippen molar-refractivity contribution in [1.29, 1.82) is 0 Å². The van der Waals surface area contributed by atoms with E-state index in [0.29, 0.717) is 44.1 Å². The summed E-state index contributed by atoms with van der Waals surface area (Å²) in [5.74, 6) is 0. The first-order valence-corrected chi connectivity index (χ1v) is 11.2. The van der Waals surface area contributed by atoms with Gasteiger partial charge in [0.2, 0.25) is 0 Å². The second kappa shape index (κ2) is 8.27. The first-order valence-electron chi connectivity index (χ1n) is 10.8. The van der Waals surface area contributed by atoms with Gasteiger partial charge in [-0.15, -0.1) is 0 Å². The number of anilines is 1. The molecule has 170 valence electrons. The predicted molar refractivity (Wildman–Crippen MR) is 137 cm³/mol. The number of hydrogen-bond donors (Lipinski definition) is 2. The summed E-state index contributed by atoms with van der Waals surface area (Å²) >= 11 is 6.57. The molecule has 9 heteroatoms. The van der Waals surface area contributed by atoms with Crippen LogP contribution in [0.15, 0.2) is 96.5 Å². The standard InChI is InChI=1S/C26H17ClN6O2/c27-21-6-2-1-5-18(21)25-19-13-23(33(34)35)26-20(14-29-31-26)24(19)28-15-22(30-25)16-7-9-17(10-8-16)32-11-3-4-12-32/h1-15,28H,(H,29,31). The fourth-order valence-corrected chi connectivity index (χ4v) is 4.48. The van der Waals surface area contributed by atoms with Gasteiger partial charge in [0.25, 0.3) is 5.69 Å². The van der Waals surface area contributed by atoms with E-state index in [0.717, 1.165) is 11.3 Å². The van der Waals surface area contributed by atoms with E-state index in [2.05, 4.69) is 15.5 Å². The average Bonchev–Trinajstić information content (AvgIpc) is 3.54. The van der Waals surface area contributed by atoms with Crippen molar-refractivity contribution >= 4 is 45.3 Å². The van der Waals surface area contributed by atoms with E-state index < -0.39 is 4.92 Å². The normalized spacial score (nSPS) is 12.9. The number of aromatic nitrogens is 3. The molecule has 0 radical (unpaired) electrons. The summed E-state index contributed by atoms with van der Waals surface area (Å²) in [6.07, 6.45) is 7.33. The number of fused-ring (bicyclic) bond motifs is 3. The van der Waals surface area contributed by atoms with Gasteiger partial charge in [0.1, 0.15) is 5.52 Å². The minimum Gasteiger partial charge on any atom is -0.359 e. The topological polar surface area (TPSA) is 101 Å². The van der Waals surface area contributed by atoms with Crippen LogP contribution >= 0.6 is 11.6 Å². The molecule has 1 aliphatic rings. The second-order valence-electron chi connectivity index (χ2n) is 7.99. The van der Waals surface area contributed by atoms with Crippen LogP contribution in [0.1, 0.15) is 16.7 Å². The van der Waals surface area contributed by atoms with E-state index in [9.17, 15) is 10.1 Å². The number of non-ortho nitro benzene ring substituents is 1. The van der Waals surface area contributed by atoms with Crippen molar-refractivity contribution in [2.24, 2.45) is 4.99 Å². The molecule has 0 fully saturated rings. The molecule has 0 spiro atoms. The van der Waals surface area contributed by atoms with Gasteiger partial charge in [-0.25, -0.2) is 4.99 Å². The van der Waals surface area contributed by atoms with Gasteiger partial charge < -0.3 is 9.88 Å². The highest BCUT2D eigenvalue weighted by atomic mass is 35.5. The fraction of sp³-hybridized carbons (Fsp3) is 0. The number of nitro benzene ring substituents is 1. The predicted octanol–water partition coefficient (Wildman–Crippen LogP) is 6.18. The second-order valence-corrected chi connectivity index (χ2v) is 8.39. The number of aromatic amines is 1. The van der Waals surface area contributed by atoms with Crippen LogP contribution < -0.4 is 5.32 Å². The first kappa shape index (κ1) is 20.9. The zero-order valence-corrected chi connectivity index (χ0v) is 18.9. The molecule has 0 saturated heterocycles. The lowest BCUT2D eigenvalue weighted by atomic mass is 9.97. The Labute approximate surface area is 204 Å². The van der Waals surface area contributed by atoms with E-state index in [-0.39, 0.29) is 5.69 Å². The molecule has 0 bridgehead atoms. The zero-order chi connectivity index (χ0) is 23.9. The first-order chi connectivity index (χ1) is 17.1. The lowest BCUT2D eigenvalue weighted by Gasteiger charge is -2.13. The lowest BCUT2D eigenvalue weighted by Crippen LogP contribution is -2.07. The Bertz CT molecular complexity index is 1650. The Morgan fingerprint density at radius 1 is 0.971 bits per heavy atom. The summed E-state index contributed by atoms with van der Waals surface area (Å²) in [6.45, 7) is 0. The Morgan fingerprint density at radius 3 is 2.49 bits per heavy atom. The van der Waals surface area contributed by atoms with Crippen LogP contribution in [0.2, 0.25) is 5.02 Å². The Morgan fingerprint density at radius 2 is 1.74 bits per heavy atom. The molecule has 3 aromatic carbocycles. The molecule has 6 rings (SSSR count). The van der Waals surface area contributed by atoms with Gasteiger partial charge in [0, 0.05) is 52.1 Å². The summed E-state index contributed by atoms with van der Waals surface area (Å²) in [6, 6.07) is 20.8. The smallest absolute Gasteiger partial charge is 0.295 e. The molecule has 35 heavy (non-hydrogen) atoms. The number of rotatable bonds is 4. The number of aliphatic imine (C=N–C) groups is 1. The van der Waals surface area contributed by atoms with Crippen LogP contribution in [-0.4, -0.2) is 25.4 Å². The largest absolute Gasteiger partial charge is 0.359 e. The summed E-state index contributed by atoms with van der Waals surface area (Å²) in [7, 11) is 0. The highest BCUT2D eigenvalue weighted by Gasteiger charge is 2.26. The van der Waals surface area contributed by atoms with E-state index in [1.165, 1.54) is 6.07 Å². The number of nitro groups is 1. The van der Waals surface area contributed by atoms with Crippen molar-refractivity contribution in [1.82, 2.24) is 14.8 Å². The van der Waals surface area contributed by atoms with Crippen LogP contribution in [-0.2, 0) is 0 Å². The third-order valence-electron chi connectivity index (χ3n) is 5.95. The molecule has 2 aromatic heterocycles. The Hall–Kier alpha value is -4.69. The molecule has 5 aromatic rings. The molecular weight excluding hydrogens is 464 g/mol. The number of nitrogens with zero attached hydrogens (tertiary/aromatic N) is 4. The summed E-state index contributed by atoms with van der Waals surface area (Å²) < 4.78 is 2.02. The van der Waals surface area contributed by atoms with Crippen molar-refractivity contribution < 1.29 is 4.92 Å². The number of H-pyrrole nitrogens is 1. The molecule has 1 aliphatic heterocycles. The fourth-order valence-electron chi connectivity index (χ4n) is 4.25. The molecule has 0 atom stereocenters. The van der Waals surface area contributed by atoms with E-state index in [1.807, 2.05) is 71.6 Å². The minimum absolute atomic E-state index is 0.0858. The SMILES string of the molecule is O=[N+]([O-])c1cc2c(c3cn[nH]c13)NC=C(c1ccc(-n3cccc3)cc1)N=C2c1ccccc1Cl. The van der Waals surface area contributed by atoms with Crippen LogP contribution in [0.25, 0.3) is 22.3 Å². The van der Waals surface area contributed by atoms with Gasteiger partial charge in [-0.3, -0.25) is 15.2 Å². The zero-order valence-electron chi connectivity index (χ0n) is 18.1. The maximum Gasteiger partial charge on any atom is 0.295 e. The third-order valence-corrected chi connectivity index (χ3v) is 6.28. The van der Waals surface area contributed by atoms with Crippen molar-refractivity contribution in [3.05, 3.63) is 123 Å². The highest BCUT2D eigenvalue weighted by Crippen LogP contribution is 2.38. The summed E-state index contributed by atoms with van der Waals surface area (Å²) in [4.78, 5) is 16.4. The lowest BCUT2D eigenvalue weighted by molar-refractivity contribution is -0.383. The summed E-state index contributed by atoms with van der Waals surface area (Å²) in [5.41, 5.74) is 5.25. The minimum atomic E-state index is -0.426. The van der Waals surface area contributed by atoms with Crippen LogP contribution in [0, 0.1) is 10.1 Å². The van der Waals surface area contributed by atoms with Crippen LogP contribution in [0.4, 0.5) is 11.4 Å².